The largest absolute Gasteiger partial charge is 0.469 e. The molecule has 1 aliphatic rings. The highest BCUT2D eigenvalue weighted by Gasteiger charge is 2.26. The number of rotatable bonds is 5. The van der Waals surface area contributed by atoms with E-state index in [1.807, 2.05) is 4.90 Å². The Labute approximate surface area is 123 Å². The normalized spacial score (nSPS) is 19.2. The van der Waals surface area contributed by atoms with Crippen molar-refractivity contribution in [2.45, 2.75) is 38.6 Å². The lowest BCUT2D eigenvalue weighted by molar-refractivity contribution is -0.142. The summed E-state index contributed by atoms with van der Waals surface area (Å²) < 4.78 is 9.62. The monoisotopic (exact) mass is 295 g/mol. The van der Waals surface area contributed by atoms with Crippen LogP contribution in [0.15, 0.2) is 10.6 Å². The second-order valence-corrected chi connectivity index (χ2v) is 5.27. The van der Waals surface area contributed by atoms with Gasteiger partial charge in [0.05, 0.1) is 20.1 Å². The van der Waals surface area contributed by atoms with Gasteiger partial charge in [-0.25, -0.2) is 0 Å². The Kier molecular flexibility index (Phi) is 5.32. The van der Waals surface area contributed by atoms with Gasteiger partial charge >= 0.3 is 5.97 Å². The molecule has 1 aliphatic heterocycles. The summed E-state index contributed by atoms with van der Waals surface area (Å²) in [6.45, 7) is 2.82. The fourth-order valence-electron chi connectivity index (χ4n) is 2.57. The number of nitrogens with one attached hydrogen (secondary N) is 1. The minimum atomic E-state index is -0.237. The molecule has 1 unspecified atom stereocenters. The quantitative estimate of drug-likeness (QED) is 0.825. The number of methoxy groups -OCH3 is 1. The number of esters is 1. The van der Waals surface area contributed by atoms with Gasteiger partial charge in [0.25, 0.3) is 0 Å². The molecule has 1 N–H and O–H groups in total. The Bertz CT molecular complexity index is 500. The molecule has 1 fully saturated rings. The first kappa shape index (κ1) is 15.5. The number of hydrogen-bond donors (Lipinski definition) is 1. The van der Waals surface area contributed by atoms with Gasteiger partial charge in [0.2, 0.25) is 5.91 Å². The molecule has 7 nitrogen and oxygen atoms in total. The van der Waals surface area contributed by atoms with E-state index in [1.165, 1.54) is 7.11 Å². The lowest BCUT2D eigenvalue weighted by atomic mass is 9.99. The van der Waals surface area contributed by atoms with Crippen LogP contribution in [0.4, 0.5) is 5.82 Å². The Balaban J connectivity index is 1.89. The van der Waals surface area contributed by atoms with Gasteiger partial charge in [-0.05, 0) is 26.3 Å². The first-order chi connectivity index (χ1) is 10.1. The summed E-state index contributed by atoms with van der Waals surface area (Å²) in [5.74, 6) is 0.672. The number of anilines is 1. The standard InChI is InChI=1S/C14H21N3O4/c1-10-7-12(16-21-10)15-13(18)9-17-6-4-3-5-11(17)8-14(19)20-2/h7,11H,3-6,8-9H2,1-2H3,(H,15,16,18). The van der Waals surface area contributed by atoms with Crippen molar-refractivity contribution in [1.82, 2.24) is 10.1 Å². The van der Waals surface area contributed by atoms with Crippen LogP contribution in [0.3, 0.4) is 0 Å². The number of amides is 1. The van der Waals surface area contributed by atoms with E-state index in [1.54, 1.807) is 13.0 Å². The average molecular weight is 295 g/mol. The first-order valence-electron chi connectivity index (χ1n) is 7.12. The van der Waals surface area contributed by atoms with E-state index >= 15 is 0 Å². The van der Waals surface area contributed by atoms with Gasteiger partial charge in [0, 0.05) is 12.1 Å². The predicted molar refractivity (Wildman–Crippen MR) is 75.7 cm³/mol. The molecule has 1 aromatic heterocycles. The molecule has 0 radical (unpaired) electrons. The number of carbonyl (C=O) groups is 2. The SMILES string of the molecule is COC(=O)CC1CCCCN1CC(=O)Nc1cc(C)on1. The van der Waals surface area contributed by atoms with Crippen molar-refractivity contribution in [2.75, 3.05) is 25.5 Å². The Morgan fingerprint density at radius 3 is 3.00 bits per heavy atom. The zero-order chi connectivity index (χ0) is 15.2. The maximum Gasteiger partial charge on any atom is 0.307 e. The third-order valence-corrected chi connectivity index (χ3v) is 3.62. The highest BCUT2D eigenvalue weighted by atomic mass is 16.5. The number of aryl methyl sites for hydroxylation is 1. The van der Waals surface area contributed by atoms with Crippen LogP contribution in [0, 0.1) is 6.92 Å². The summed E-state index contributed by atoms with van der Waals surface area (Å²) >= 11 is 0. The molecule has 116 valence electrons. The van der Waals surface area contributed by atoms with Gasteiger partial charge in [0.15, 0.2) is 5.82 Å². The van der Waals surface area contributed by atoms with E-state index in [-0.39, 0.29) is 24.5 Å². The van der Waals surface area contributed by atoms with Crippen molar-refractivity contribution in [3.05, 3.63) is 11.8 Å². The van der Waals surface area contributed by atoms with Crippen LogP contribution in [-0.4, -0.2) is 48.2 Å². The summed E-state index contributed by atoms with van der Waals surface area (Å²) in [4.78, 5) is 25.5. The molecule has 7 heteroatoms. The number of nitrogens with zero attached hydrogens (tertiary/aromatic N) is 2. The van der Waals surface area contributed by atoms with Crippen molar-refractivity contribution in [1.29, 1.82) is 0 Å². The first-order valence-corrected chi connectivity index (χ1v) is 7.12. The van der Waals surface area contributed by atoms with Crippen LogP contribution < -0.4 is 5.32 Å². The number of carbonyl (C=O) groups excluding carboxylic acids is 2. The maximum atomic E-state index is 12.0. The molecule has 2 heterocycles. The maximum absolute atomic E-state index is 12.0. The smallest absolute Gasteiger partial charge is 0.307 e. The lowest BCUT2D eigenvalue weighted by Gasteiger charge is -2.34. The van der Waals surface area contributed by atoms with Gasteiger partial charge in [0.1, 0.15) is 5.76 Å². The molecule has 1 atom stereocenters. The minimum absolute atomic E-state index is 0.0657. The summed E-state index contributed by atoms with van der Waals surface area (Å²) in [5.41, 5.74) is 0. The van der Waals surface area contributed by atoms with Crippen LogP contribution >= 0.6 is 0 Å². The zero-order valence-corrected chi connectivity index (χ0v) is 12.4. The van der Waals surface area contributed by atoms with Crippen molar-refractivity contribution in [2.24, 2.45) is 0 Å². The number of piperidine rings is 1. The molecular formula is C14H21N3O4. The summed E-state index contributed by atoms with van der Waals surface area (Å²) in [5, 5.41) is 6.43. The van der Waals surface area contributed by atoms with Gasteiger partial charge in [-0.3, -0.25) is 14.5 Å². The molecule has 0 aromatic carbocycles. The average Bonchev–Trinajstić information content (AvgIpc) is 2.86. The fourth-order valence-corrected chi connectivity index (χ4v) is 2.57. The van der Waals surface area contributed by atoms with Gasteiger partial charge in [-0.15, -0.1) is 0 Å². The fraction of sp³-hybridized carbons (Fsp3) is 0.643. The number of hydrogen-bond acceptors (Lipinski definition) is 6. The van der Waals surface area contributed by atoms with Crippen molar-refractivity contribution in [3.8, 4) is 0 Å². The molecule has 2 rings (SSSR count). The Morgan fingerprint density at radius 1 is 1.52 bits per heavy atom. The number of likely N-dealkylation sites (tertiary alicyclic amines) is 1. The molecule has 0 saturated carbocycles. The van der Waals surface area contributed by atoms with Crippen LogP contribution in [0.5, 0.6) is 0 Å². The third-order valence-electron chi connectivity index (χ3n) is 3.62. The molecule has 0 spiro atoms. The molecule has 0 bridgehead atoms. The number of aromatic nitrogens is 1. The zero-order valence-electron chi connectivity index (χ0n) is 12.4. The van der Waals surface area contributed by atoms with Gasteiger partial charge < -0.3 is 14.6 Å². The van der Waals surface area contributed by atoms with Crippen molar-refractivity contribution < 1.29 is 18.8 Å². The molecular weight excluding hydrogens is 274 g/mol. The summed E-state index contributed by atoms with van der Waals surface area (Å²) in [6, 6.07) is 1.73. The predicted octanol–water partition coefficient (Wildman–Crippen LogP) is 1.34. The molecule has 1 saturated heterocycles. The molecule has 0 aliphatic carbocycles. The van der Waals surface area contributed by atoms with Crippen LogP contribution in [-0.2, 0) is 14.3 Å². The highest BCUT2D eigenvalue weighted by Crippen LogP contribution is 2.20. The van der Waals surface area contributed by atoms with Crippen molar-refractivity contribution in [3.63, 3.8) is 0 Å². The Hall–Kier alpha value is -1.89. The topological polar surface area (TPSA) is 84.7 Å². The Morgan fingerprint density at radius 2 is 2.33 bits per heavy atom. The van der Waals surface area contributed by atoms with E-state index in [4.69, 9.17) is 9.26 Å². The van der Waals surface area contributed by atoms with Crippen LogP contribution in [0.2, 0.25) is 0 Å². The summed E-state index contributed by atoms with van der Waals surface area (Å²) in [7, 11) is 1.38. The van der Waals surface area contributed by atoms with E-state index in [0.717, 1.165) is 25.8 Å². The van der Waals surface area contributed by atoms with E-state index < -0.39 is 0 Å². The molecule has 1 aromatic rings. The highest BCUT2D eigenvalue weighted by molar-refractivity contribution is 5.91. The molecule has 21 heavy (non-hydrogen) atoms. The number of ether oxygens (including phenoxy) is 1. The second-order valence-electron chi connectivity index (χ2n) is 5.27. The van der Waals surface area contributed by atoms with Gasteiger partial charge in [-0.2, -0.15) is 0 Å². The van der Waals surface area contributed by atoms with Crippen molar-refractivity contribution >= 4 is 17.7 Å². The lowest BCUT2D eigenvalue weighted by Crippen LogP contribution is -2.45. The second kappa shape index (κ2) is 7.21. The summed E-state index contributed by atoms with van der Waals surface area (Å²) in [6.07, 6.45) is 3.34. The van der Waals surface area contributed by atoms with E-state index in [9.17, 15) is 9.59 Å². The van der Waals surface area contributed by atoms with Crippen LogP contribution in [0.1, 0.15) is 31.4 Å². The molecule has 1 amide bonds. The van der Waals surface area contributed by atoms with E-state index in [0.29, 0.717) is 18.0 Å². The third kappa shape index (κ3) is 4.56. The van der Waals surface area contributed by atoms with E-state index in [2.05, 4.69) is 10.5 Å². The van der Waals surface area contributed by atoms with Crippen LogP contribution in [0.25, 0.3) is 0 Å². The van der Waals surface area contributed by atoms with Gasteiger partial charge in [-0.1, -0.05) is 11.6 Å². The minimum Gasteiger partial charge on any atom is -0.469 e.